The Bertz CT molecular complexity index is 551. The van der Waals surface area contributed by atoms with Gasteiger partial charge in [-0.2, -0.15) is 4.68 Å². The van der Waals surface area contributed by atoms with Gasteiger partial charge in [0.05, 0.1) is 34.9 Å². The van der Waals surface area contributed by atoms with Crippen molar-refractivity contribution in [2.75, 3.05) is 0 Å². The van der Waals surface area contributed by atoms with Crippen molar-refractivity contribution in [3.8, 4) is 0 Å². The molecule has 0 atom stereocenters. The largest absolute Gasteiger partial charge is 0.392 e. The van der Waals surface area contributed by atoms with Crippen LogP contribution in [0.15, 0.2) is 18.6 Å². The molecule has 2 aromatic heterocycles. The van der Waals surface area contributed by atoms with Gasteiger partial charge in [0, 0.05) is 0 Å². The molecule has 0 N–H and O–H groups in total. The van der Waals surface area contributed by atoms with E-state index < -0.39 is 4.92 Å². The number of rotatable bonds is 3. The molecule has 0 bridgehead atoms. The first-order valence-electron chi connectivity index (χ1n) is 4.71. The maximum absolute atomic E-state index is 10.6. The van der Waals surface area contributed by atoms with E-state index in [1.54, 1.807) is 13.1 Å². The highest BCUT2D eigenvalue weighted by Gasteiger charge is 2.17. The van der Waals surface area contributed by atoms with E-state index in [0.29, 0.717) is 23.0 Å². The van der Waals surface area contributed by atoms with Crippen molar-refractivity contribution in [1.29, 1.82) is 0 Å². The van der Waals surface area contributed by atoms with Crippen molar-refractivity contribution in [1.82, 2.24) is 19.7 Å². The zero-order valence-corrected chi connectivity index (χ0v) is 9.63. The predicted molar refractivity (Wildman–Crippen MR) is 59.8 cm³/mol. The molecule has 0 saturated carbocycles. The number of hydrogen-bond acceptors (Lipinski definition) is 5. The lowest BCUT2D eigenvalue weighted by Crippen LogP contribution is -2.03. The lowest BCUT2D eigenvalue weighted by atomic mass is 10.4. The van der Waals surface area contributed by atoms with E-state index in [4.69, 9.17) is 11.6 Å². The number of nitro groups is 1. The van der Waals surface area contributed by atoms with E-state index in [-0.39, 0.29) is 5.82 Å². The molecule has 0 aliphatic rings. The smallest absolute Gasteiger partial charge is 0.358 e. The van der Waals surface area contributed by atoms with E-state index in [1.807, 2.05) is 0 Å². The molecule has 2 rings (SSSR count). The normalized spacial score (nSPS) is 10.5. The van der Waals surface area contributed by atoms with Crippen LogP contribution in [-0.2, 0) is 6.54 Å². The zero-order valence-electron chi connectivity index (χ0n) is 8.87. The fourth-order valence-corrected chi connectivity index (χ4v) is 1.46. The van der Waals surface area contributed by atoms with Gasteiger partial charge in [-0.3, -0.25) is 4.98 Å². The Balaban J connectivity index is 2.22. The van der Waals surface area contributed by atoms with Gasteiger partial charge >= 0.3 is 5.82 Å². The molecule has 7 nitrogen and oxygen atoms in total. The van der Waals surface area contributed by atoms with Gasteiger partial charge in [-0.25, -0.2) is 4.98 Å². The monoisotopic (exact) mass is 253 g/mol. The van der Waals surface area contributed by atoms with Crippen molar-refractivity contribution in [2.45, 2.75) is 13.5 Å². The molecule has 0 fully saturated rings. The Morgan fingerprint density at radius 1 is 1.47 bits per heavy atom. The molecule has 0 amide bonds. The third-order valence-electron chi connectivity index (χ3n) is 2.09. The lowest BCUT2D eigenvalue weighted by Gasteiger charge is -1.96. The molecule has 0 aliphatic carbocycles. The lowest BCUT2D eigenvalue weighted by molar-refractivity contribution is -0.390. The molecule has 17 heavy (non-hydrogen) atoms. The van der Waals surface area contributed by atoms with Crippen LogP contribution in [0.4, 0.5) is 5.82 Å². The summed E-state index contributed by atoms with van der Waals surface area (Å²) in [7, 11) is 0. The topological polar surface area (TPSA) is 86.7 Å². The summed E-state index contributed by atoms with van der Waals surface area (Å²) in [4.78, 5) is 18.0. The molecule has 0 spiro atoms. The first-order chi connectivity index (χ1) is 8.06. The predicted octanol–water partition coefficient (Wildman–Crippen LogP) is 1.59. The molecule has 88 valence electrons. The fraction of sp³-hybridized carbons (Fsp3) is 0.222. The molecule has 0 radical (unpaired) electrons. The van der Waals surface area contributed by atoms with Gasteiger partial charge in [0.1, 0.15) is 11.7 Å². The Labute approximate surface area is 101 Å². The molecular formula is C9H8ClN5O2. The Morgan fingerprint density at radius 2 is 2.24 bits per heavy atom. The SMILES string of the molecule is Cc1cn(Cc2cnc(Cl)cn2)nc1[N+](=O)[O-]. The van der Waals surface area contributed by atoms with Crippen molar-refractivity contribution in [3.63, 3.8) is 0 Å². The van der Waals surface area contributed by atoms with Crippen LogP contribution in [0.1, 0.15) is 11.3 Å². The second kappa shape index (κ2) is 4.46. The minimum Gasteiger partial charge on any atom is -0.358 e. The Hall–Kier alpha value is -2.02. The van der Waals surface area contributed by atoms with Crippen molar-refractivity contribution in [2.24, 2.45) is 0 Å². The summed E-state index contributed by atoms with van der Waals surface area (Å²) in [6.07, 6.45) is 4.52. The van der Waals surface area contributed by atoms with Gasteiger partial charge in [0.2, 0.25) is 0 Å². The third-order valence-corrected chi connectivity index (χ3v) is 2.28. The number of nitrogens with zero attached hydrogens (tertiary/aromatic N) is 5. The summed E-state index contributed by atoms with van der Waals surface area (Å²) < 4.78 is 1.45. The summed E-state index contributed by atoms with van der Waals surface area (Å²) in [6, 6.07) is 0. The molecule has 0 aliphatic heterocycles. The fourth-order valence-electron chi connectivity index (χ4n) is 1.36. The van der Waals surface area contributed by atoms with Crippen LogP contribution in [0.5, 0.6) is 0 Å². The number of aryl methyl sites for hydroxylation is 1. The van der Waals surface area contributed by atoms with Gasteiger partial charge < -0.3 is 10.1 Å². The molecule has 0 unspecified atom stereocenters. The zero-order chi connectivity index (χ0) is 12.4. The summed E-state index contributed by atoms with van der Waals surface area (Å²) in [6.45, 7) is 1.95. The number of aromatic nitrogens is 4. The van der Waals surface area contributed by atoms with Crippen LogP contribution in [-0.4, -0.2) is 24.7 Å². The molecule has 2 aromatic rings. The molecule has 8 heteroatoms. The Kier molecular flexibility index (Phi) is 3.01. The highest BCUT2D eigenvalue weighted by atomic mass is 35.5. The first kappa shape index (κ1) is 11.5. The van der Waals surface area contributed by atoms with Crippen molar-refractivity contribution < 1.29 is 4.92 Å². The average Bonchev–Trinajstić information content (AvgIpc) is 2.63. The minimum absolute atomic E-state index is 0.146. The highest BCUT2D eigenvalue weighted by Crippen LogP contribution is 2.14. The van der Waals surface area contributed by atoms with E-state index in [0.717, 1.165) is 0 Å². The van der Waals surface area contributed by atoms with Gasteiger partial charge in [-0.15, -0.1) is 0 Å². The molecule has 2 heterocycles. The first-order valence-corrected chi connectivity index (χ1v) is 5.09. The van der Waals surface area contributed by atoms with E-state index in [1.165, 1.54) is 17.1 Å². The van der Waals surface area contributed by atoms with Crippen LogP contribution in [0.3, 0.4) is 0 Å². The van der Waals surface area contributed by atoms with Gasteiger partial charge in [-0.1, -0.05) is 11.6 Å². The number of hydrogen-bond donors (Lipinski definition) is 0. The third kappa shape index (κ3) is 2.56. The summed E-state index contributed by atoms with van der Waals surface area (Å²) >= 11 is 5.60. The maximum atomic E-state index is 10.6. The number of halogens is 1. The van der Waals surface area contributed by atoms with Crippen LogP contribution >= 0.6 is 11.6 Å². The quantitative estimate of drug-likeness (QED) is 0.612. The average molecular weight is 254 g/mol. The summed E-state index contributed by atoms with van der Waals surface area (Å²) in [5.74, 6) is -0.146. The minimum atomic E-state index is -0.515. The van der Waals surface area contributed by atoms with Gasteiger partial charge in [0.25, 0.3) is 0 Å². The van der Waals surface area contributed by atoms with Crippen LogP contribution in [0.2, 0.25) is 5.15 Å². The van der Waals surface area contributed by atoms with E-state index in [2.05, 4.69) is 15.1 Å². The molecular weight excluding hydrogens is 246 g/mol. The second-order valence-corrected chi connectivity index (χ2v) is 3.81. The highest BCUT2D eigenvalue weighted by molar-refractivity contribution is 6.29. The van der Waals surface area contributed by atoms with Crippen LogP contribution in [0.25, 0.3) is 0 Å². The van der Waals surface area contributed by atoms with E-state index >= 15 is 0 Å². The van der Waals surface area contributed by atoms with Crippen LogP contribution in [0, 0.1) is 17.0 Å². The van der Waals surface area contributed by atoms with Crippen molar-refractivity contribution >= 4 is 17.4 Å². The van der Waals surface area contributed by atoms with Crippen LogP contribution < -0.4 is 0 Å². The maximum Gasteiger partial charge on any atom is 0.392 e. The van der Waals surface area contributed by atoms with Gasteiger partial charge in [-0.05, 0) is 11.8 Å². The Morgan fingerprint density at radius 3 is 2.76 bits per heavy atom. The molecule has 0 aromatic carbocycles. The standard InChI is InChI=1S/C9H8ClN5O2/c1-6-4-14(13-9(6)15(16)17)5-7-2-12-8(10)3-11-7/h2-4H,5H2,1H3. The van der Waals surface area contributed by atoms with Crippen molar-refractivity contribution in [3.05, 3.63) is 45.1 Å². The molecule has 0 saturated heterocycles. The second-order valence-electron chi connectivity index (χ2n) is 3.42. The van der Waals surface area contributed by atoms with E-state index in [9.17, 15) is 10.1 Å². The summed E-state index contributed by atoms with van der Waals surface area (Å²) in [5.41, 5.74) is 1.14. The summed E-state index contributed by atoms with van der Waals surface area (Å²) in [5, 5.41) is 14.8. The van der Waals surface area contributed by atoms with Gasteiger partial charge in [0.15, 0.2) is 0 Å².